The van der Waals surface area contributed by atoms with Gasteiger partial charge >= 0.3 is 5.63 Å². The lowest BCUT2D eigenvalue weighted by molar-refractivity contribution is 0.414. The fraction of sp³-hybridized carbons (Fsp3) is 0.120. The van der Waals surface area contributed by atoms with Crippen LogP contribution >= 0.6 is 0 Å². The normalized spacial score (nSPS) is 15.6. The molecule has 5 rings (SSSR count). The van der Waals surface area contributed by atoms with E-state index in [1.54, 1.807) is 13.2 Å². The van der Waals surface area contributed by atoms with Crippen LogP contribution in [0.3, 0.4) is 0 Å². The molecule has 2 heterocycles. The molecule has 30 heavy (non-hydrogen) atoms. The van der Waals surface area contributed by atoms with Crippen LogP contribution in [0.25, 0.3) is 11.0 Å². The monoisotopic (exact) mass is 396 g/mol. The second kappa shape index (κ2) is 7.52. The van der Waals surface area contributed by atoms with Gasteiger partial charge in [0.2, 0.25) is 0 Å². The quantitative estimate of drug-likeness (QED) is 0.466. The maximum Gasteiger partial charge on any atom is 0.345 e. The van der Waals surface area contributed by atoms with E-state index in [0.717, 1.165) is 28.1 Å². The Morgan fingerprint density at radius 2 is 1.77 bits per heavy atom. The predicted molar refractivity (Wildman–Crippen MR) is 119 cm³/mol. The van der Waals surface area contributed by atoms with Crippen LogP contribution in [0.1, 0.15) is 23.6 Å². The second-order valence-corrected chi connectivity index (χ2v) is 7.24. The zero-order chi connectivity index (χ0) is 20.5. The molecule has 1 aliphatic heterocycles. The average Bonchev–Trinajstić information content (AvgIpc) is 2.98. The number of hydrogen-bond acceptors (Lipinski definition) is 5. The van der Waals surface area contributed by atoms with Crippen molar-refractivity contribution in [2.45, 2.75) is 12.5 Å². The van der Waals surface area contributed by atoms with Gasteiger partial charge < -0.3 is 14.5 Å². The maximum absolute atomic E-state index is 12.8. The lowest BCUT2D eigenvalue weighted by Gasteiger charge is -2.19. The van der Waals surface area contributed by atoms with Gasteiger partial charge in [-0.3, -0.25) is 4.99 Å². The number of ether oxygens (including phenoxy) is 1. The van der Waals surface area contributed by atoms with Crippen molar-refractivity contribution < 1.29 is 9.15 Å². The van der Waals surface area contributed by atoms with Gasteiger partial charge in [-0.25, -0.2) is 4.79 Å². The van der Waals surface area contributed by atoms with Crippen molar-refractivity contribution in [2.75, 3.05) is 12.4 Å². The van der Waals surface area contributed by atoms with Crippen LogP contribution in [0.2, 0.25) is 0 Å². The molecular weight excluding hydrogens is 376 g/mol. The maximum atomic E-state index is 12.8. The first-order valence-corrected chi connectivity index (χ1v) is 9.81. The Kier molecular flexibility index (Phi) is 4.56. The molecule has 3 aromatic carbocycles. The molecule has 0 spiro atoms. The van der Waals surface area contributed by atoms with Gasteiger partial charge in [-0.15, -0.1) is 0 Å². The number of benzene rings is 3. The highest BCUT2D eigenvalue weighted by atomic mass is 16.5. The molecule has 0 amide bonds. The number of fused-ring (bicyclic) bond motifs is 2. The van der Waals surface area contributed by atoms with Crippen LogP contribution < -0.4 is 15.7 Å². The van der Waals surface area contributed by atoms with Crippen LogP contribution in [0.5, 0.6) is 5.75 Å². The van der Waals surface area contributed by atoms with Gasteiger partial charge in [0.15, 0.2) is 0 Å². The van der Waals surface area contributed by atoms with Gasteiger partial charge in [0, 0.05) is 11.8 Å². The lowest BCUT2D eigenvalue weighted by Crippen LogP contribution is -2.19. The Bertz CT molecular complexity index is 1310. The topological polar surface area (TPSA) is 63.8 Å². The van der Waals surface area contributed by atoms with E-state index >= 15 is 0 Å². The Hall–Kier alpha value is -3.86. The molecule has 0 saturated carbocycles. The van der Waals surface area contributed by atoms with Gasteiger partial charge in [-0.05, 0) is 42.0 Å². The summed E-state index contributed by atoms with van der Waals surface area (Å²) < 4.78 is 10.9. The van der Waals surface area contributed by atoms with E-state index in [4.69, 9.17) is 14.1 Å². The summed E-state index contributed by atoms with van der Waals surface area (Å²) in [5, 5.41) is 4.46. The molecule has 0 saturated heterocycles. The van der Waals surface area contributed by atoms with Crippen molar-refractivity contribution in [2.24, 2.45) is 4.99 Å². The number of rotatable bonds is 3. The largest absolute Gasteiger partial charge is 0.497 e. The van der Waals surface area contributed by atoms with E-state index in [1.807, 2.05) is 72.8 Å². The number of methoxy groups -OCH3 is 1. The third-order valence-corrected chi connectivity index (χ3v) is 5.36. The summed E-state index contributed by atoms with van der Waals surface area (Å²) in [7, 11) is 1.65. The average molecular weight is 396 g/mol. The highest BCUT2D eigenvalue weighted by Crippen LogP contribution is 2.35. The van der Waals surface area contributed by atoms with Gasteiger partial charge in [0.25, 0.3) is 0 Å². The lowest BCUT2D eigenvalue weighted by atomic mass is 9.97. The van der Waals surface area contributed by atoms with E-state index in [2.05, 4.69) is 5.32 Å². The fourth-order valence-electron chi connectivity index (χ4n) is 3.79. The molecule has 0 unspecified atom stereocenters. The minimum absolute atomic E-state index is 0.0517. The second-order valence-electron chi connectivity index (χ2n) is 7.24. The Morgan fingerprint density at radius 3 is 2.60 bits per heavy atom. The first-order chi connectivity index (χ1) is 14.7. The minimum Gasteiger partial charge on any atom is -0.497 e. The van der Waals surface area contributed by atoms with E-state index in [9.17, 15) is 4.79 Å². The number of nitrogens with zero attached hydrogens (tertiary/aromatic N) is 1. The van der Waals surface area contributed by atoms with Crippen LogP contribution in [0.15, 0.2) is 93.1 Å². The van der Waals surface area contributed by atoms with Crippen molar-refractivity contribution >= 4 is 28.1 Å². The number of aliphatic imine (C=N–C) groups is 1. The summed E-state index contributed by atoms with van der Waals surface area (Å²) in [6.07, 6.45) is 0.546. The van der Waals surface area contributed by atoms with Crippen molar-refractivity contribution in [1.29, 1.82) is 0 Å². The first kappa shape index (κ1) is 18.2. The van der Waals surface area contributed by atoms with Crippen LogP contribution in [0, 0.1) is 0 Å². The van der Waals surface area contributed by atoms with E-state index < -0.39 is 0 Å². The fourth-order valence-corrected chi connectivity index (χ4v) is 3.79. The number of anilines is 1. The summed E-state index contributed by atoms with van der Waals surface area (Å²) in [4.78, 5) is 17.7. The summed E-state index contributed by atoms with van der Waals surface area (Å²) in [6, 6.07) is 25.1. The van der Waals surface area contributed by atoms with Gasteiger partial charge in [-0.2, -0.15) is 0 Å². The molecule has 5 heteroatoms. The van der Waals surface area contributed by atoms with Crippen molar-refractivity contribution in [3.63, 3.8) is 0 Å². The van der Waals surface area contributed by atoms with Crippen LogP contribution in [0.4, 0.5) is 11.4 Å². The highest BCUT2D eigenvalue weighted by molar-refractivity contribution is 6.05. The molecule has 0 bridgehead atoms. The number of hydrogen-bond donors (Lipinski definition) is 1. The van der Waals surface area contributed by atoms with Gasteiger partial charge in [-0.1, -0.05) is 42.5 Å². The molecule has 1 aliphatic rings. The molecule has 5 nitrogen and oxygen atoms in total. The molecule has 4 aromatic rings. The Balaban J connectivity index is 1.64. The molecule has 0 radical (unpaired) electrons. The van der Waals surface area contributed by atoms with Crippen molar-refractivity contribution in [3.8, 4) is 5.75 Å². The predicted octanol–water partition coefficient (Wildman–Crippen LogP) is 5.48. The first-order valence-electron chi connectivity index (χ1n) is 9.81. The molecule has 1 atom stereocenters. The van der Waals surface area contributed by atoms with Crippen molar-refractivity contribution in [1.82, 2.24) is 0 Å². The number of nitrogens with one attached hydrogen (secondary N) is 1. The molecule has 1 aromatic heterocycles. The minimum atomic E-state index is -0.375. The zero-order valence-corrected chi connectivity index (χ0v) is 16.5. The van der Waals surface area contributed by atoms with Gasteiger partial charge in [0.1, 0.15) is 11.3 Å². The van der Waals surface area contributed by atoms with E-state index in [-0.39, 0.29) is 11.7 Å². The van der Waals surface area contributed by atoms with E-state index in [0.29, 0.717) is 23.3 Å². The third-order valence-electron chi connectivity index (χ3n) is 5.36. The molecule has 0 fully saturated rings. The molecule has 1 N–H and O–H groups in total. The summed E-state index contributed by atoms with van der Waals surface area (Å²) >= 11 is 0. The van der Waals surface area contributed by atoms with Crippen LogP contribution in [-0.4, -0.2) is 12.8 Å². The summed E-state index contributed by atoms with van der Waals surface area (Å²) in [5.74, 6) is 0.803. The van der Waals surface area contributed by atoms with E-state index in [1.165, 1.54) is 0 Å². The SMILES string of the molecule is COc1ccc([C@@H]2CC(c3cc4ccccc4oc3=O)=Nc3ccccc3N2)cc1. The highest BCUT2D eigenvalue weighted by Gasteiger charge is 2.23. The molecular formula is C25H20N2O3. The molecule has 148 valence electrons. The summed E-state index contributed by atoms with van der Waals surface area (Å²) in [6.45, 7) is 0. The smallest absolute Gasteiger partial charge is 0.345 e. The Morgan fingerprint density at radius 1 is 1.00 bits per heavy atom. The summed E-state index contributed by atoms with van der Waals surface area (Å²) in [5.41, 5.74) is 4.21. The van der Waals surface area contributed by atoms with Gasteiger partial charge in [0.05, 0.1) is 35.8 Å². The standard InChI is InChI=1S/C25H20N2O3/c1-29-18-12-10-16(11-13-18)22-15-23(27-21-8-4-3-7-20(21)26-22)19-14-17-6-2-5-9-24(17)30-25(19)28/h2-14,22,26H,15H2,1H3/t22-/m0/s1. The Labute approximate surface area is 173 Å². The van der Waals surface area contributed by atoms with Crippen molar-refractivity contribution in [3.05, 3.63) is 100 Å². The molecule has 0 aliphatic carbocycles. The number of para-hydroxylation sites is 3. The van der Waals surface area contributed by atoms with Crippen LogP contribution in [-0.2, 0) is 0 Å². The third kappa shape index (κ3) is 3.35. The zero-order valence-electron chi connectivity index (χ0n) is 16.5.